The second-order valence-electron chi connectivity index (χ2n) is 0.877. The first-order valence-corrected chi connectivity index (χ1v) is 1.60. The van der Waals surface area contributed by atoms with Crippen LogP contribution >= 0.6 is 0 Å². The Morgan fingerprint density at radius 3 is 2.38 bits per heavy atom. The van der Waals surface area contributed by atoms with Crippen molar-refractivity contribution >= 4 is 11.7 Å². The lowest BCUT2D eigenvalue weighted by atomic mass is 10.4. The van der Waals surface area contributed by atoms with Crippen molar-refractivity contribution in [1.29, 1.82) is 10.8 Å². The molecule has 0 fully saturated rings. The zero-order valence-corrected chi connectivity index (χ0v) is 3.75. The first-order valence-electron chi connectivity index (χ1n) is 1.60. The minimum atomic E-state index is -1.47. The molecule has 0 saturated heterocycles. The van der Waals surface area contributed by atoms with E-state index in [1.165, 1.54) is 6.07 Å². The van der Waals surface area contributed by atoms with E-state index < -0.39 is 11.7 Å². The summed E-state index contributed by atoms with van der Waals surface area (Å²) in [7, 11) is 0. The first-order chi connectivity index (χ1) is 3.72. The number of rotatable bonds is 1. The fourth-order valence-electron chi connectivity index (χ4n) is 0.121. The Hall–Kier alpha value is -1.66. The summed E-state index contributed by atoms with van der Waals surface area (Å²) in [5, 5.41) is 15.7. The average molecular weight is 112 g/mol. The van der Waals surface area contributed by atoms with Gasteiger partial charge in [-0.25, -0.2) is 4.79 Å². The second-order valence-corrected chi connectivity index (χ2v) is 0.877. The van der Waals surface area contributed by atoms with Crippen molar-refractivity contribution in [2.24, 2.45) is 0 Å². The highest BCUT2D eigenvalue weighted by molar-refractivity contribution is 6.39. The fraction of sp³-hybridized carbons (Fsp3) is 0. The van der Waals surface area contributed by atoms with Crippen LogP contribution in [-0.2, 0) is 4.79 Å². The largest absolute Gasteiger partial charge is 0.524 e. The van der Waals surface area contributed by atoms with Gasteiger partial charge in [-0.3, -0.25) is 0 Å². The third kappa shape index (κ3) is 1.20. The third-order valence-electron chi connectivity index (χ3n) is 0.420. The first kappa shape index (κ1) is 6.34. The minimum Gasteiger partial charge on any atom is -0.472 e. The van der Waals surface area contributed by atoms with Gasteiger partial charge in [0.1, 0.15) is 0 Å². The molecule has 0 unspecified atom stereocenters. The Bertz CT molecular complexity index is 195. The highest BCUT2D eigenvalue weighted by Gasteiger charge is 2.19. The summed E-state index contributed by atoms with van der Waals surface area (Å²) in [6, 6.07) is 1.21. The SMILES string of the molecule is N#CC(=[N+]=N)C(=O)O. The number of aliphatic carboxylic acids is 1. The minimum absolute atomic E-state index is 0.801. The molecule has 5 nitrogen and oxygen atoms in total. The molecule has 8 heavy (non-hydrogen) atoms. The topological polar surface area (TPSA) is 99.0 Å². The van der Waals surface area contributed by atoms with Crippen LogP contribution < -0.4 is 0 Å². The molecule has 0 aromatic rings. The van der Waals surface area contributed by atoms with E-state index >= 15 is 0 Å². The summed E-state index contributed by atoms with van der Waals surface area (Å²) >= 11 is 0. The highest BCUT2D eigenvalue weighted by Crippen LogP contribution is 1.63. The van der Waals surface area contributed by atoms with Crippen LogP contribution in [0.25, 0.3) is 0 Å². The quantitative estimate of drug-likeness (QED) is 0.266. The lowest BCUT2D eigenvalue weighted by molar-refractivity contribution is -0.146. The molecule has 0 amide bonds. The molecule has 0 aliphatic heterocycles. The number of hydrogen-bond donors (Lipinski definition) is 2. The van der Waals surface area contributed by atoms with E-state index in [0.717, 1.165) is 0 Å². The van der Waals surface area contributed by atoms with Crippen LogP contribution in [0.4, 0.5) is 0 Å². The van der Waals surface area contributed by atoms with Gasteiger partial charge in [-0.2, -0.15) is 5.26 Å². The predicted octanol–water partition coefficient (Wildman–Crippen LogP) is -0.725. The molecule has 0 aliphatic rings. The standard InChI is InChI=1S/C3HN3O2/c4-1-2(6-5)3(7)8/h5H/p+1. The highest BCUT2D eigenvalue weighted by atomic mass is 16.4. The number of hydrogen-bond acceptors (Lipinski definition) is 3. The number of nitrogens with one attached hydrogen (secondary N) is 1. The molecule has 2 N–H and O–H groups in total. The maximum Gasteiger partial charge on any atom is 0.524 e. The smallest absolute Gasteiger partial charge is 0.472 e. The predicted molar refractivity (Wildman–Crippen MR) is 21.2 cm³/mol. The van der Waals surface area contributed by atoms with Crippen LogP contribution in [0.5, 0.6) is 0 Å². The van der Waals surface area contributed by atoms with E-state index in [-0.39, 0.29) is 0 Å². The van der Waals surface area contributed by atoms with Crippen molar-refractivity contribution in [2.45, 2.75) is 0 Å². The summed E-state index contributed by atoms with van der Waals surface area (Å²) in [4.78, 5) is 12.1. The Morgan fingerprint density at radius 2 is 2.38 bits per heavy atom. The van der Waals surface area contributed by atoms with Crippen LogP contribution in [-0.4, -0.2) is 21.6 Å². The van der Waals surface area contributed by atoms with Gasteiger partial charge in [0.05, 0.1) is 10.3 Å². The maximum atomic E-state index is 9.69. The molecule has 0 aromatic heterocycles. The Balaban J connectivity index is 4.46. The number of carboxylic acid groups (broad SMARTS) is 1. The van der Waals surface area contributed by atoms with Crippen molar-refractivity contribution in [3.8, 4) is 6.07 Å². The molecule has 0 heterocycles. The molecule has 0 radical (unpaired) electrons. The van der Waals surface area contributed by atoms with Gasteiger partial charge in [-0.1, -0.05) is 0 Å². The Labute approximate surface area is 44.4 Å². The van der Waals surface area contributed by atoms with Crippen LogP contribution in [0.1, 0.15) is 0 Å². The molecule has 40 valence electrons. The van der Waals surface area contributed by atoms with Crippen LogP contribution in [0.15, 0.2) is 0 Å². The van der Waals surface area contributed by atoms with Crippen molar-refractivity contribution in [3.05, 3.63) is 0 Å². The summed E-state index contributed by atoms with van der Waals surface area (Å²) in [5.41, 5.74) is 5.27. The van der Waals surface area contributed by atoms with Crippen LogP contribution in [0.2, 0.25) is 0 Å². The summed E-state index contributed by atoms with van der Waals surface area (Å²) in [6.45, 7) is 0. The molecule has 0 saturated carbocycles. The summed E-state index contributed by atoms with van der Waals surface area (Å²) in [6.07, 6.45) is 0. The number of carboxylic acids is 1. The van der Waals surface area contributed by atoms with Crippen LogP contribution in [0, 0.1) is 16.9 Å². The molecule has 0 rings (SSSR count). The van der Waals surface area contributed by atoms with Crippen molar-refractivity contribution < 1.29 is 14.7 Å². The van der Waals surface area contributed by atoms with Crippen molar-refractivity contribution in [3.63, 3.8) is 0 Å². The van der Waals surface area contributed by atoms with Gasteiger partial charge >= 0.3 is 11.7 Å². The lowest BCUT2D eigenvalue weighted by Crippen LogP contribution is -2.10. The number of nitrogens with zero attached hydrogens (tertiary/aromatic N) is 2. The van der Waals surface area contributed by atoms with Crippen molar-refractivity contribution in [1.82, 2.24) is 0 Å². The van der Waals surface area contributed by atoms with Gasteiger partial charge in [-0.15, -0.1) is 0 Å². The number of nitriles is 1. The molecular formula is C3H2N3O2+. The van der Waals surface area contributed by atoms with E-state index in [0.29, 0.717) is 0 Å². The van der Waals surface area contributed by atoms with E-state index in [9.17, 15) is 4.79 Å². The van der Waals surface area contributed by atoms with E-state index in [1.807, 2.05) is 0 Å². The van der Waals surface area contributed by atoms with Gasteiger partial charge in [0.2, 0.25) is 6.07 Å². The van der Waals surface area contributed by atoms with E-state index in [2.05, 4.69) is 4.79 Å². The van der Waals surface area contributed by atoms with E-state index in [4.69, 9.17) is 15.9 Å². The zero-order valence-electron chi connectivity index (χ0n) is 3.75. The van der Waals surface area contributed by atoms with Crippen LogP contribution in [0.3, 0.4) is 0 Å². The van der Waals surface area contributed by atoms with Gasteiger partial charge in [0.25, 0.3) is 0 Å². The summed E-state index contributed by atoms with van der Waals surface area (Å²) in [5.74, 6) is -1.47. The normalized spacial score (nSPS) is 6.38. The molecule has 0 atom stereocenters. The Kier molecular flexibility index (Phi) is 1.98. The Morgan fingerprint density at radius 1 is 1.88 bits per heavy atom. The molecular weight excluding hydrogens is 110 g/mol. The van der Waals surface area contributed by atoms with Gasteiger partial charge in [0.15, 0.2) is 0 Å². The molecule has 0 spiro atoms. The van der Waals surface area contributed by atoms with Gasteiger partial charge < -0.3 is 5.11 Å². The second kappa shape index (κ2) is 2.50. The molecule has 5 heteroatoms. The third-order valence-corrected chi connectivity index (χ3v) is 0.420. The fourth-order valence-corrected chi connectivity index (χ4v) is 0.121. The lowest BCUT2D eigenvalue weighted by Gasteiger charge is -1.63. The molecule has 0 aromatic carbocycles. The number of carbonyl (C=O) groups is 1. The van der Waals surface area contributed by atoms with Gasteiger partial charge in [-0.05, 0) is 0 Å². The molecule has 0 aliphatic carbocycles. The zero-order chi connectivity index (χ0) is 6.57. The summed E-state index contributed by atoms with van der Waals surface area (Å²) < 4.78 is 0. The van der Waals surface area contributed by atoms with E-state index in [1.54, 1.807) is 0 Å². The maximum absolute atomic E-state index is 9.69. The molecule has 0 bridgehead atoms. The van der Waals surface area contributed by atoms with Crippen molar-refractivity contribution in [2.75, 3.05) is 0 Å². The van der Waals surface area contributed by atoms with Gasteiger partial charge in [0, 0.05) is 0 Å². The monoisotopic (exact) mass is 112 g/mol. The average Bonchev–Trinajstić information content (AvgIpc) is 1.69.